The van der Waals surface area contributed by atoms with Gasteiger partial charge >= 0.3 is 0 Å². The van der Waals surface area contributed by atoms with Crippen LogP contribution in [0.3, 0.4) is 0 Å². The molecule has 0 atom stereocenters. The maximum atomic E-state index is 13.5. The van der Waals surface area contributed by atoms with Crippen LogP contribution < -0.4 is 9.64 Å². The SMILES string of the molecule is CCOc1ccc(CC(=O)N(CCn2nc(C)cc2C)c2nc3c(C)cc(Cl)cc3s2)cc1. The number of nitrogens with zero attached hydrogens (tertiary/aromatic N) is 4. The number of aromatic nitrogens is 3. The Morgan fingerprint density at radius 1 is 1.15 bits per heavy atom. The van der Waals surface area contributed by atoms with Gasteiger partial charge in [-0.2, -0.15) is 5.10 Å². The molecule has 2 aromatic heterocycles. The molecule has 2 aromatic carbocycles. The summed E-state index contributed by atoms with van der Waals surface area (Å²) in [5.41, 5.74) is 4.84. The molecular formula is C25H27ClN4O2S. The van der Waals surface area contributed by atoms with Crippen LogP contribution in [-0.2, 0) is 17.8 Å². The summed E-state index contributed by atoms with van der Waals surface area (Å²) in [6.45, 7) is 9.60. The quantitative estimate of drug-likeness (QED) is 0.321. The van der Waals surface area contributed by atoms with Crippen LogP contribution in [0.5, 0.6) is 5.75 Å². The lowest BCUT2D eigenvalue weighted by molar-refractivity contribution is -0.118. The number of carbonyl (C=O) groups is 1. The number of anilines is 1. The van der Waals surface area contributed by atoms with Crippen molar-refractivity contribution in [1.29, 1.82) is 0 Å². The van der Waals surface area contributed by atoms with E-state index in [1.807, 2.05) is 74.8 Å². The molecule has 0 aliphatic heterocycles. The molecule has 0 N–H and O–H groups in total. The predicted molar refractivity (Wildman–Crippen MR) is 135 cm³/mol. The van der Waals surface area contributed by atoms with Gasteiger partial charge in [0, 0.05) is 17.3 Å². The molecule has 0 saturated carbocycles. The molecule has 4 aromatic rings. The van der Waals surface area contributed by atoms with Gasteiger partial charge in [-0.15, -0.1) is 0 Å². The molecular weight excluding hydrogens is 456 g/mol. The van der Waals surface area contributed by atoms with Crippen molar-refractivity contribution in [3.8, 4) is 5.75 Å². The van der Waals surface area contributed by atoms with E-state index in [0.717, 1.165) is 38.5 Å². The fourth-order valence-electron chi connectivity index (χ4n) is 3.82. The first kappa shape index (κ1) is 23.3. The third-order valence-electron chi connectivity index (χ3n) is 5.40. The third kappa shape index (κ3) is 5.37. The second kappa shape index (κ2) is 9.93. The minimum Gasteiger partial charge on any atom is -0.494 e. The Balaban J connectivity index is 1.62. The Bertz CT molecular complexity index is 1280. The highest BCUT2D eigenvalue weighted by molar-refractivity contribution is 7.22. The average molecular weight is 483 g/mol. The molecule has 2 heterocycles. The molecule has 4 rings (SSSR count). The maximum Gasteiger partial charge on any atom is 0.233 e. The molecule has 0 unspecified atom stereocenters. The number of thiazole rings is 1. The van der Waals surface area contributed by atoms with Gasteiger partial charge in [-0.25, -0.2) is 4.98 Å². The number of amides is 1. The van der Waals surface area contributed by atoms with Crippen molar-refractivity contribution in [2.24, 2.45) is 0 Å². The number of benzene rings is 2. The molecule has 0 bridgehead atoms. The number of fused-ring (bicyclic) bond motifs is 1. The van der Waals surface area contributed by atoms with Gasteiger partial charge in [0.2, 0.25) is 5.91 Å². The standard InChI is InChI=1S/C25H27ClN4O2S/c1-5-32-21-8-6-19(7-9-21)14-23(31)29(10-11-30-18(4)13-17(3)28-30)25-27-24-16(2)12-20(26)15-22(24)33-25/h6-9,12-13,15H,5,10-11,14H2,1-4H3. The summed E-state index contributed by atoms with van der Waals surface area (Å²) in [4.78, 5) is 20.0. The molecule has 0 saturated heterocycles. The summed E-state index contributed by atoms with van der Waals surface area (Å²) in [6, 6.07) is 13.5. The summed E-state index contributed by atoms with van der Waals surface area (Å²) in [5.74, 6) is 0.789. The van der Waals surface area contributed by atoms with E-state index in [1.54, 1.807) is 4.90 Å². The number of rotatable bonds is 8. The number of halogens is 1. The van der Waals surface area contributed by atoms with Crippen molar-refractivity contribution < 1.29 is 9.53 Å². The molecule has 33 heavy (non-hydrogen) atoms. The van der Waals surface area contributed by atoms with Crippen LogP contribution >= 0.6 is 22.9 Å². The Labute approximate surface area is 202 Å². The summed E-state index contributed by atoms with van der Waals surface area (Å²) in [5, 5.41) is 5.89. The maximum absolute atomic E-state index is 13.5. The Kier molecular flexibility index (Phi) is 7.00. The fraction of sp³-hybridized carbons (Fsp3) is 0.320. The zero-order valence-corrected chi connectivity index (χ0v) is 20.8. The zero-order chi connectivity index (χ0) is 23.5. The lowest BCUT2D eigenvalue weighted by Crippen LogP contribution is -2.35. The van der Waals surface area contributed by atoms with E-state index in [4.69, 9.17) is 21.3 Å². The summed E-state index contributed by atoms with van der Waals surface area (Å²) in [6.07, 6.45) is 0.277. The van der Waals surface area contributed by atoms with Crippen molar-refractivity contribution in [2.75, 3.05) is 18.1 Å². The molecule has 172 valence electrons. The van der Waals surface area contributed by atoms with Crippen LogP contribution in [0.15, 0.2) is 42.5 Å². The van der Waals surface area contributed by atoms with Gasteiger partial charge in [0.05, 0.1) is 35.5 Å². The summed E-state index contributed by atoms with van der Waals surface area (Å²) >= 11 is 7.74. The molecule has 6 nitrogen and oxygen atoms in total. The monoisotopic (exact) mass is 482 g/mol. The van der Waals surface area contributed by atoms with Crippen LogP contribution in [0.2, 0.25) is 5.02 Å². The third-order valence-corrected chi connectivity index (χ3v) is 6.64. The van der Waals surface area contributed by atoms with Gasteiger partial charge in [0.1, 0.15) is 5.75 Å². The first-order chi connectivity index (χ1) is 15.8. The normalized spacial score (nSPS) is 11.2. The van der Waals surface area contributed by atoms with Gasteiger partial charge in [-0.3, -0.25) is 14.4 Å². The fourth-order valence-corrected chi connectivity index (χ4v) is 5.29. The number of hydrogen-bond donors (Lipinski definition) is 0. The lowest BCUT2D eigenvalue weighted by atomic mass is 10.1. The number of hydrogen-bond acceptors (Lipinski definition) is 5. The number of ether oxygens (including phenoxy) is 1. The average Bonchev–Trinajstić information content (AvgIpc) is 3.32. The molecule has 0 aliphatic carbocycles. The summed E-state index contributed by atoms with van der Waals surface area (Å²) in [7, 11) is 0. The van der Waals surface area contributed by atoms with E-state index in [-0.39, 0.29) is 12.3 Å². The molecule has 8 heteroatoms. The largest absolute Gasteiger partial charge is 0.494 e. The van der Waals surface area contributed by atoms with Crippen LogP contribution in [0.1, 0.15) is 29.4 Å². The highest BCUT2D eigenvalue weighted by atomic mass is 35.5. The smallest absolute Gasteiger partial charge is 0.233 e. The number of carbonyl (C=O) groups excluding carboxylic acids is 1. The second-order valence-corrected chi connectivity index (χ2v) is 9.46. The predicted octanol–water partition coefficient (Wildman–Crippen LogP) is 5.75. The van der Waals surface area contributed by atoms with E-state index < -0.39 is 0 Å². The van der Waals surface area contributed by atoms with E-state index in [1.165, 1.54) is 11.3 Å². The Morgan fingerprint density at radius 2 is 1.91 bits per heavy atom. The lowest BCUT2D eigenvalue weighted by Gasteiger charge is -2.20. The van der Waals surface area contributed by atoms with Crippen molar-refractivity contribution in [3.63, 3.8) is 0 Å². The van der Waals surface area contributed by atoms with Gasteiger partial charge in [0.25, 0.3) is 0 Å². The van der Waals surface area contributed by atoms with E-state index in [9.17, 15) is 4.79 Å². The van der Waals surface area contributed by atoms with Crippen molar-refractivity contribution in [2.45, 2.75) is 40.7 Å². The molecule has 0 fully saturated rings. The van der Waals surface area contributed by atoms with E-state index in [2.05, 4.69) is 5.10 Å². The first-order valence-electron chi connectivity index (χ1n) is 10.9. The van der Waals surface area contributed by atoms with E-state index >= 15 is 0 Å². The van der Waals surface area contributed by atoms with Crippen LogP contribution in [0, 0.1) is 20.8 Å². The van der Waals surface area contributed by atoms with Crippen molar-refractivity contribution in [1.82, 2.24) is 14.8 Å². The minimum atomic E-state index is -0.0107. The van der Waals surface area contributed by atoms with Crippen LogP contribution in [-0.4, -0.2) is 33.8 Å². The minimum absolute atomic E-state index is 0.0107. The molecule has 0 radical (unpaired) electrons. The van der Waals surface area contributed by atoms with Crippen molar-refractivity contribution >= 4 is 44.2 Å². The first-order valence-corrected chi connectivity index (χ1v) is 12.1. The van der Waals surface area contributed by atoms with Gasteiger partial charge < -0.3 is 4.74 Å². The van der Waals surface area contributed by atoms with Crippen molar-refractivity contribution in [3.05, 3.63) is 70.0 Å². The number of aryl methyl sites for hydroxylation is 3. The molecule has 1 amide bonds. The van der Waals surface area contributed by atoms with Gasteiger partial charge in [-0.1, -0.05) is 35.1 Å². The summed E-state index contributed by atoms with van der Waals surface area (Å²) < 4.78 is 8.42. The van der Waals surface area contributed by atoms with Crippen LogP contribution in [0.4, 0.5) is 5.13 Å². The zero-order valence-electron chi connectivity index (χ0n) is 19.3. The highest BCUT2D eigenvalue weighted by Crippen LogP contribution is 2.33. The molecule has 0 aliphatic rings. The topological polar surface area (TPSA) is 60.2 Å². The second-order valence-electron chi connectivity index (χ2n) is 8.02. The van der Waals surface area contributed by atoms with Gasteiger partial charge in [0.15, 0.2) is 5.13 Å². The Morgan fingerprint density at radius 3 is 2.58 bits per heavy atom. The van der Waals surface area contributed by atoms with Gasteiger partial charge in [-0.05, 0) is 69.2 Å². The van der Waals surface area contributed by atoms with E-state index in [0.29, 0.717) is 29.9 Å². The highest BCUT2D eigenvalue weighted by Gasteiger charge is 2.21. The van der Waals surface area contributed by atoms with Crippen LogP contribution in [0.25, 0.3) is 10.2 Å². The Hall–Kier alpha value is -2.90. The molecule has 0 spiro atoms.